The van der Waals surface area contributed by atoms with Crippen LogP contribution in [0, 0.1) is 5.82 Å². The molecule has 0 spiro atoms. The van der Waals surface area contributed by atoms with Crippen molar-refractivity contribution in [3.05, 3.63) is 38.4 Å². The van der Waals surface area contributed by atoms with Crippen LogP contribution in [-0.4, -0.2) is 18.1 Å². The van der Waals surface area contributed by atoms with Gasteiger partial charge in [0.1, 0.15) is 5.82 Å². The van der Waals surface area contributed by atoms with Crippen molar-refractivity contribution >= 4 is 34.5 Å². The van der Waals surface area contributed by atoms with Gasteiger partial charge in [0, 0.05) is 23.4 Å². The van der Waals surface area contributed by atoms with Gasteiger partial charge < -0.3 is 5.32 Å². The van der Waals surface area contributed by atoms with Gasteiger partial charge in [0.15, 0.2) is 0 Å². The maximum absolute atomic E-state index is 13.6. The molecule has 1 aliphatic heterocycles. The summed E-state index contributed by atoms with van der Waals surface area (Å²) in [5, 5.41) is 6.84. The normalized spacial score (nSPS) is 19.2. The number of aromatic nitrogens is 1. The first-order chi connectivity index (χ1) is 9.65. The molecule has 0 amide bonds. The van der Waals surface area contributed by atoms with Crippen molar-refractivity contribution in [3.63, 3.8) is 0 Å². The molecule has 1 unspecified atom stereocenters. The summed E-state index contributed by atoms with van der Waals surface area (Å²) in [4.78, 5) is 4.62. The fourth-order valence-electron chi connectivity index (χ4n) is 2.38. The zero-order valence-electron chi connectivity index (χ0n) is 10.6. The fraction of sp³-hybridized carbons (Fsp3) is 0.357. The number of piperidine rings is 1. The highest BCUT2D eigenvalue weighted by atomic mass is 35.5. The van der Waals surface area contributed by atoms with Crippen molar-refractivity contribution in [2.75, 3.05) is 13.1 Å². The lowest BCUT2D eigenvalue weighted by Crippen LogP contribution is -2.28. The van der Waals surface area contributed by atoms with Crippen LogP contribution in [0.25, 0.3) is 11.3 Å². The number of rotatable bonds is 2. The third kappa shape index (κ3) is 2.84. The summed E-state index contributed by atoms with van der Waals surface area (Å²) in [6, 6.07) is 2.78. The molecule has 106 valence electrons. The molecule has 2 heterocycles. The third-order valence-electron chi connectivity index (χ3n) is 3.45. The molecule has 0 saturated carbocycles. The Hall–Kier alpha value is -0.680. The molecule has 3 rings (SSSR count). The minimum atomic E-state index is -0.472. The van der Waals surface area contributed by atoms with Gasteiger partial charge in [0.2, 0.25) is 0 Å². The Morgan fingerprint density at radius 2 is 2.15 bits per heavy atom. The van der Waals surface area contributed by atoms with E-state index in [0.717, 1.165) is 36.6 Å². The lowest BCUT2D eigenvalue weighted by Gasteiger charge is -2.20. The first kappa shape index (κ1) is 14.3. The van der Waals surface area contributed by atoms with Crippen LogP contribution in [-0.2, 0) is 0 Å². The summed E-state index contributed by atoms with van der Waals surface area (Å²) in [5.74, 6) is -0.0293. The molecule has 1 atom stereocenters. The summed E-state index contributed by atoms with van der Waals surface area (Å²) >= 11 is 13.5. The highest BCUT2D eigenvalue weighted by molar-refractivity contribution is 7.10. The summed E-state index contributed by atoms with van der Waals surface area (Å²) in [5.41, 5.74) is 1.32. The van der Waals surface area contributed by atoms with E-state index in [0.29, 0.717) is 16.5 Å². The highest BCUT2D eigenvalue weighted by Crippen LogP contribution is 2.35. The average molecular weight is 331 g/mol. The second-order valence-corrected chi connectivity index (χ2v) is 6.56. The summed E-state index contributed by atoms with van der Waals surface area (Å²) in [7, 11) is 0. The van der Waals surface area contributed by atoms with Crippen molar-refractivity contribution < 1.29 is 4.39 Å². The molecule has 6 heteroatoms. The Morgan fingerprint density at radius 1 is 1.30 bits per heavy atom. The number of hydrogen-bond acceptors (Lipinski definition) is 3. The number of nitrogens with one attached hydrogen (secondary N) is 1. The van der Waals surface area contributed by atoms with Crippen molar-refractivity contribution in [2.24, 2.45) is 0 Å². The molecule has 0 aliphatic carbocycles. The lowest BCUT2D eigenvalue weighted by atomic mass is 10.0. The standard InChI is InChI=1S/C14H13Cl2FN2S/c15-10-5-11(16)12(17)4-9(10)13-7-20-14(19-13)8-2-1-3-18-6-8/h4-5,7-8,18H,1-3,6H2. The molecule has 2 aromatic rings. The predicted molar refractivity (Wildman–Crippen MR) is 82.4 cm³/mol. The summed E-state index contributed by atoms with van der Waals surface area (Å²) in [6.07, 6.45) is 2.30. The quantitative estimate of drug-likeness (QED) is 0.805. The SMILES string of the molecule is Fc1cc(-c2csc(C3CCCNC3)n2)c(Cl)cc1Cl. The van der Waals surface area contributed by atoms with Gasteiger partial charge in [0.25, 0.3) is 0 Å². The van der Waals surface area contributed by atoms with E-state index < -0.39 is 5.82 Å². The van der Waals surface area contributed by atoms with E-state index >= 15 is 0 Å². The van der Waals surface area contributed by atoms with E-state index in [-0.39, 0.29) is 5.02 Å². The Bertz CT molecular complexity index is 624. The van der Waals surface area contributed by atoms with Gasteiger partial charge in [-0.15, -0.1) is 11.3 Å². The molecular weight excluding hydrogens is 318 g/mol. The molecule has 1 aromatic heterocycles. The maximum Gasteiger partial charge on any atom is 0.142 e. The number of thiazole rings is 1. The van der Waals surface area contributed by atoms with E-state index in [1.165, 1.54) is 12.1 Å². The first-order valence-electron chi connectivity index (χ1n) is 6.46. The van der Waals surface area contributed by atoms with Crippen molar-refractivity contribution in [1.82, 2.24) is 10.3 Å². The van der Waals surface area contributed by atoms with E-state index in [9.17, 15) is 4.39 Å². The lowest BCUT2D eigenvalue weighted by molar-refractivity contribution is 0.460. The minimum absolute atomic E-state index is 0.0330. The Kier molecular flexibility index (Phi) is 4.26. The second-order valence-electron chi connectivity index (χ2n) is 4.86. The van der Waals surface area contributed by atoms with Gasteiger partial charge >= 0.3 is 0 Å². The topological polar surface area (TPSA) is 24.9 Å². The molecule has 1 N–H and O–H groups in total. The van der Waals surface area contributed by atoms with Gasteiger partial charge in [-0.05, 0) is 31.5 Å². The van der Waals surface area contributed by atoms with E-state index in [1.807, 2.05) is 5.38 Å². The highest BCUT2D eigenvalue weighted by Gasteiger charge is 2.19. The smallest absolute Gasteiger partial charge is 0.142 e. The Balaban J connectivity index is 1.91. The number of nitrogens with zero attached hydrogens (tertiary/aromatic N) is 1. The third-order valence-corrected chi connectivity index (χ3v) is 5.06. The monoisotopic (exact) mass is 330 g/mol. The molecule has 1 aliphatic rings. The van der Waals surface area contributed by atoms with Crippen molar-refractivity contribution in [3.8, 4) is 11.3 Å². The van der Waals surface area contributed by atoms with Crippen LogP contribution >= 0.6 is 34.5 Å². The van der Waals surface area contributed by atoms with Gasteiger partial charge in [0.05, 0.1) is 20.7 Å². The summed E-state index contributed by atoms with van der Waals surface area (Å²) in [6.45, 7) is 2.03. The van der Waals surface area contributed by atoms with Crippen LogP contribution in [0.4, 0.5) is 4.39 Å². The Labute approximate surface area is 130 Å². The number of halogens is 3. The predicted octanol–water partition coefficient (Wildman–Crippen LogP) is 4.72. The van der Waals surface area contributed by atoms with Crippen LogP contribution in [0.2, 0.25) is 10.0 Å². The van der Waals surface area contributed by atoms with Crippen molar-refractivity contribution in [2.45, 2.75) is 18.8 Å². The van der Waals surface area contributed by atoms with Crippen LogP contribution in [0.5, 0.6) is 0 Å². The summed E-state index contributed by atoms with van der Waals surface area (Å²) < 4.78 is 13.6. The Morgan fingerprint density at radius 3 is 2.90 bits per heavy atom. The number of benzene rings is 1. The van der Waals surface area contributed by atoms with Crippen LogP contribution in [0.3, 0.4) is 0 Å². The molecule has 20 heavy (non-hydrogen) atoms. The molecular formula is C14H13Cl2FN2S. The van der Waals surface area contributed by atoms with E-state index in [4.69, 9.17) is 23.2 Å². The van der Waals surface area contributed by atoms with Gasteiger partial charge in [-0.1, -0.05) is 23.2 Å². The van der Waals surface area contributed by atoms with Gasteiger partial charge in [-0.25, -0.2) is 9.37 Å². The van der Waals surface area contributed by atoms with Crippen LogP contribution in [0.15, 0.2) is 17.5 Å². The van der Waals surface area contributed by atoms with E-state index in [1.54, 1.807) is 11.3 Å². The molecule has 1 fully saturated rings. The zero-order valence-corrected chi connectivity index (χ0v) is 13.0. The molecule has 1 aromatic carbocycles. The maximum atomic E-state index is 13.6. The minimum Gasteiger partial charge on any atom is -0.316 e. The average Bonchev–Trinajstić information content (AvgIpc) is 2.93. The zero-order chi connectivity index (χ0) is 14.1. The van der Waals surface area contributed by atoms with Crippen LogP contribution < -0.4 is 5.32 Å². The largest absolute Gasteiger partial charge is 0.316 e. The van der Waals surface area contributed by atoms with Gasteiger partial charge in [-0.2, -0.15) is 0 Å². The number of hydrogen-bond donors (Lipinski definition) is 1. The van der Waals surface area contributed by atoms with Crippen molar-refractivity contribution in [1.29, 1.82) is 0 Å². The molecule has 1 saturated heterocycles. The molecule has 2 nitrogen and oxygen atoms in total. The first-order valence-corrected chi connectivity index (χ1v) is 8.10. The molecule has 0 radical (unpaired) electrons. The van der Waals surface area contributed by atoms with Crippen LogP contribution in [0.1, 0.15) is 23.8 Å². The van der Waals surface area contributed by atoms with Gasteiger partial charge in [-0.3, -0.25) is 0 Å². The fourth-order valence-corrected chi connectivity index (χ4v) is 3.82. The van der Waals surface area contributed by atoms with E-state index in [2.05, 4.69) is 10.3 Å². The second kappa shape index (κ2) is 5.98. The molecule has 0 bridgehead atoms.